The number of alkyl halides is 3. The van der Waals surface area contributed by atoms with Crippen LogP contribution in [0.15, 0.2) is 0 Å². The quantitative estimate of drug-likeness (QED) is 0.765. The van der Waals surface area contributed by atoms with E-state index in [9.17, 15) is 18.0 Å². The highest BCUT2D eigenvalue weighted by molar-refractivity contribution is 5.67. The van der Waals surface area contributed by atoms with Crippen molar-refractivity contribution in [2.24, 2.45) is 5.92 Å². The van der Waals surface area contributed by atoms with Gasteiger partial charge in [-0.25, -0.2) is 10.2 Å². The lowest BCUT2D eigenvalue weighted by atomic mass is 9.86. The molecule has 1 rings (SSSR count). The first-order valence-electron chi connectivity index (χ1n) is 6.39. The highest BCUT2D eigenvalue weighted by atomic mass is 19.4. The van der Waals surface area contributed by atoms with Crippen LogP contribution in [0, 0.1) is 5.92 Å². The van der Waals surface area contributed by atoms with Gasteiger partial charge < -0.3 is 4.74 Å². The number of carbonyl (C=O) groups is 1. The van der Waals surface area contributed by atoms with Crippen LogP contribution >= 0.6 is 0 Å². The van der Waals surface area contributed by atoms with E-state index in [0.717, 1.165) is 0 Å². The van der Waals surface area contributed by atoms with Gasteiger partial charge in [-0.3, -0.25) is 5.43 Å². The highest BCUT2D eigenvalue weighted by Gasteiger charge is 2.41. The van der Waals surface area contributed by atoms with Crippen molar-refractivity contribution in [3.63, 3.8) is 0 Å². The van der Waals surface area contributed by atoms with Gasteiger partial charge in [-0.05, 0) is 46.5 Å². The summed E-state index contributed by atoms with van der Waals surface area (Å²) in [6.45, 7) is 5.21. The van der Waals surface area contributed by atoms with Crippen molar-refractivity contribution < 1.29 is 22.7 Å². The lowest BCUT2D eigenvalue weighted by Crippen LogP contribution is -2.48. The Kier molecular flexibility index (Phi) is 5.06. The van der Waals surface area contributed by atoms with Crippen LogP contribution < -0.4 is 10.9 Å². The van der Waals surface area contributed by atoms with Gasteiger partial charge in [0.1, 0.15) is 5.60 Å². The van der Waals surface area contributed by atoms with Crippen molar-refractivity contribution in [2.45, 2.75) is 64.3 Å². The molecule has 7 heteroatoms. The summed E-state index contributed by atoms with van der Waals surface area (Å²) < 4.78 is 42.4. The van der Waals surface area contributed by atoms with Gasteiger partial charge in [0.25, 0.3) is 0 Å². The Balaban J connectivity index is 2.25. The number of carbonyl (C=O) groups excluding carboxylic acids is 1. The Morgan fingerprint density at radius 3 is 2.05 bits per heavy atom. The zero-order valence-electron chi connectivity index (χ0n) is 11.4. The van der Waals surface area contributed by atoms with E-state index in [-0.39, 0.29) is 18.9 Å². The minimum atomic E-state index is -4.11. The smallest absolute Gasteiger partial charge is 0.422 e. The van der Waals surface area contributed by atoms with Crippen LogP contribution in [0.4, 0.5) is 18.0 Å². The predicted molar refractivity (Wildman–Crippen MR) is 64.3 cm³/mol. The molecule has 0 saturated heterocycles. The van der Waals surface area contributed by atoms with Gasteiger partial charge in [0, 0.05) is 6.04 Å². The predicted octanol–water partition coefficient (Wildman–Crippen LogP) is 3.14. The van der Waals surface area contributed by atoms with Gasteiger partial charge >= 0.3 is 12.3 Å². The number of hydrogen-bond acceptors (Lipinski definition) is 3. The van der Waals surface area contributed by atoms with Gasteiger partial charge in [-0.15, -0.1) is 0 Å². The number of hydrazine groups is 1. The topological polar surface area (TPSA) is 50.4 Å². The Morgan fingerprint density at radius 1 is 1.11 bits per heavy atom. The lowest BCUT2D eigenvalue weighted by Gasteiger charge is -2.30. The fraction of sp³-hybridized carbons (Fsp3) is 0.917. The molecule has 0 heterocycles. The second kappa shape index (κ2) is 5.98. The molecular weight excluding hydrogens is 261 g/mol. The second-order valence-corrected chi connectivity index (χ2v) is 5.86. The number of ether oxygens (including phenoxy) is 1. The van der Waals surface area contributed by atoms with Gasteiger partial charge in [-0.1, -0.05) is 0 Å². The second-order valence-electron chi connectivity index (χ2n) is 5.86. The zero-order valence-corrected chi connectivity index (χ0v) is 11.4. The molecule has 0 radical (unpaired) electrons. The number of amides is 1. The minimum absolute atomic E-state index is 0.0944. The van der Waals surface area contributed by atoms with Crippen molar-refractivity contribution in [2.75, 3.05) is 0 Å². The van der Waals surface area contributed by atoms with Crippen molar-refractivity contribution in [3.8, 4) is 0 Å². The average molecular weight is 282 g/mol. The summed E-state index contributed by atoms with van der Waals surface area (Å²) in [5, 5.41) is 0. The maximum atomic E-state index is 12.5. The maximum Gasteiger partial charge on any atom is 0.422 e. The molecule has 1 saturated carbocycles. The molecule has 2 N–H and O–H groups in total. The summed E-state index contributed by atoms with van der Waals surface area (Å²) in [5.74, 6) is -1.22. The van der Waals surface area contributed by atoms with Crippen molar-refractivity contribution >= 4 is 6.09 Å². The summed E-state index contributed by atoms with van der Waals surface area (Å²) in [6, 6.07) is -0.133. The van der Waals surface area contributed by atoms with E-state index in [1.807, 2.05) is 0 Å². The van der Waals surface area contributed by atoms with Crippen LogP contribution in [0.1, 0.15) is 46.5 Å². The van der Waals surface area contributed by atoms with Crippen LogP contribution in [0.2, 0.25) is 0 Å². The Labute approximate surface area is 111 Å². The summed E-state index contributed by atoms with van der Waals surface area (Å²) in [4.78, 5) is 11.3. The fourth-order valence-corrected chi connectivity index (χ4v) is 2.03. The molecule has 0 atom stereocenters. The molecule has 0 spiro atoms. The van der Waals surface area contributed by atoms with E-state index in [2.05, 4.69) is 10.9 Å². The molecule has 0 aromatic heterocycles. The summed E-state index contributed by atoms with van der Waals surface area (Å²) in [5.41, 5.74) is 4.50. The molecule has 0 unspecified atom stereocenters. The average Bonchev–Trinajstić information content (AvgIpc) is 2.23. The largest absolute Gasteiger partial charge is 0.443 e. The molecule has 0 aromatic rings. The van der Waals surface area contributed by atoms with Crippen LogP contribution in [-0.4, -0.2) is 23.9 Å². The monoisotopic (exact) mass is 282 g/mol. The number of rotatable bonds is 2. The van der Waals surface area contributed by atoms with Crippen molar-refractivity contribution in [3.05, 3.63) is 0 Å². The SMILES string of the molecule is CC(C)(C)OC(=O)NNC1CCC(C(F)(F)F)CC1. The Bertz CT molecular complexity index is 305. The highest BCUT2D eigenvalue weighted by Crippen LogP contribution is 2.37. The molecule has 0 aliphatic heterocycles. The van der Waals surface area contributed by atoms with Crippen molar-refractivity contribution in [1.29, 1.82) is 0 Å². The standard InChI is InChI=1S/C12H21F3N2O2/c1-11(2,3)19-10(18)17-16-9-6-4-8(5-7-9)12(13,14)15/h8-9,16H,4-7H2,1-3H3,(H,17,18). The molecule has 19 heavy (non-hydrogen) atoms. The lowest BCUT2D eigenvalue weighted by molar-refractivity contribution is -0.182. The first kappa shape index (κ1) is 16.1. The van der Waals surface area contributed by atoms with E-state index in [1.54, 1.807) is 20.8 Å². The van der Waals surface area contributed by atoms with E-state index >= 15 is 0 Å². The number of nitrogens with one attached hydrogen (secondary N) is 2. The molecule has 1 fully saturated rings. The van der Waals surface area contributed by atoms with Gasteiger partial charge in [0.15, 0.2) is 0 Å². The van der Waals surface area contributed by atoms with Gasteiger partial charge in [0.2, 0.25) is 0 Å². The van der Waals surface area contributed by atoms with Crippen molar-refractivity contribution in [1.82, 2.24) is 10.9 Å². The Morgan fingerprint density at radius 2 is 1.63 bits per heavy atom. The Hall–Kier alpha value is -0.980. The number of halogens is 3. The van der Waals surface area contributed by atoms with Crippen LogP contribution in [0.25, 0.3) is 0 Å². The van der Waals surface area contributed by atoms with Gasteiger partial charge in [-0.2, -0.15) is 13.2 Å². The van der Waals surface area contributed by atoms with Crippen LogP contribution in [0.3, 0.4) is 0 Å². The molecule has 1 aliphatic rings. The minimum Gasteiger partial charge on any atom is -0.443 e. The van der Waals surface area contributed by atoms with Crippen LogP contribution in [-0.2, 0) is 4.74 Å². The normalized spacial score (nSPS) is 24.9. The van der Waals surface area contributed by atoms with Gasteiger partial charge in [0.05, 0.1) is 5.92 Å². The molecule has 0 bridgehead atoms. The molecular formula is C12H21F3N2O2. The van der Waals surface area contributed by atoms with E-state index in [0.29, 0.717) is 12.8 Å². The zero-order chi connectivity index (χ0) is 14.7. The molecule has 1 amide bonds. The summed E-state index contributed by atoms with van der Waals surface area (Å²) >= 11 is 0. The van der Waals surface area contributed by atoms with E-state index in [4.69, 9.17) is 4.74 Å². The van der Waals surface area contributed by atoms with E-state index in [1.165, 1.54) is 0 Å². The third-order valence-electron chi connectivity index (χ3n) is 2.97. The number of hydrogen-bond donors (Lipinski definition) is 2. The fourth-order valence-electron chi connectivity index (χ4n) is 2.03. The first-order chi connectivity index (χ1) is 8.58. The van der Waals surface area contributed by atoms with Crippen LogP contribution in [0.5, 0.6) is 0 Å². The molecule has 0 aromatic carbocycles. The molecule has 1 aliphatic carbocycles. The van der Waals surface area contributed by atoms with E-state index < -0.39 is 23.8 Å². The summed E-state index contributed by atoms with van der Waals surface area (Å²) in [7, 11) is 0. The molecule has 4 nitrogen and oxygen atoms in total. The third kappa shape index (κ3) is 6.13. The molecule has 112 valence electrons. The third-order valence-corrected chi connectivity index (χ3v) is 2.97. The first-order valence-corrected chi connectivity index (χ1v) is 6.39. The summed E-state index contributed by atoms with van der Waals surface area (Å²) in [6.07, 6.45) is -3.76. The maximum absolute atomic E-state index is 12.5.